The summed E-state index contributed by atoms with van der Waals surface area (Å²) < 4.78 is 25.7. The first-order valence-corrected chi connectivity index (χ1v) is 6.39. The Bertz CT molecular complexity index is 503. The van der Waals surface area contributed by atoms with Crippen LogP contribution in [0, 0.1) is 0 Å². The summed E-state index contributed by atoms with van der Waals surface area (Å²) in [6, 6.07) is 5.08. The Labute approximate surface area is 111 Å². The fourth-order valence-electron chi connectivity index (χ4n) is 1.17. The van der Waals surface area contributed by atoms with E-state index < -0.39 is 16.0 Å². The van der Waals surface area contributed by atoms with E-state index in [-0.39, 0.29) is 36.0 Å². The zero-order valence-corrected chi connectivity index (χ0v) is 11.0. The van der Waals surface area contributed by atoms with E-state index in [2.05, 4.69) is 4.72 Å². The van der Waals surface area contributed by atoms with Crippen molar-refractivity contribution < 1.29 is 23.4 Å². The predicted octanol–water partition coefficient (Wildman–Crippen LogP) is 0.467. The quantitative estimate of drug-likeness (QED) is 0.662. The first-order valence-electron chi connectivity index (χ1n) is 4.91. The van der Waals surface area contributed by atoms with Gasteiger partial charge in [0.25, 0.3) is 0 Å². The summed E-state index contributed by atoms with van der Waals surface area (Å²) in [6.45, 7) is -0.00613. The van der Waals surface area contributed by atoms with Crippen LogP contribution in [0.3, 0.4) is 0 Å². The van der Waals surface area contributed by atoms with Crippen LogP contribution in [0.15, 0.2) is 29.2 Å². The zero-order valence-electron chi connectivity index (χ0n) is 9.37. The van der Waals surface area contributed by atoms with Gasteiger partial charge in [0.15, 0.2) is 0 Å². The van der Waals surface area contributed by atoms with E-state index in [0.29, 0.717) is 6.42 Å². The number of rotatable bonds is 6. The van der Waals surface area contributed by atoms with Gasteiger partial charge in [-0.1, -0.05) is 6.07 Å². The van der Waals surface area contributed by atoms with Gasteiger partial charge in [-0.15, -0.1) is 12.4 Å². The van der Waals surface area contributed by atoms with Crippen LogP contribution >= 0.6 is 12.4 Å². The monoisotopic (exact) mass is 295 g/mol. The SMILES string of the molecule is Cl.O=C(O)c1cccc(S(=O)(=O)NCCCO)c1. The van der Waals surface area contributed by atoms with E-state index in [9.17, 15) is 13.2 Å². The molecule has 0 atom stereocenters. The lowest BCUT2D eigenvalue weighted by Crippen LogP contribution is -2.25. The van der Waals surface area contributed by atoms with Crippen LogP contribution in [0.1, 0.15) is 16.8 Å². The van der Waals surface area contributed by atoms with E-state index in [4.69, 9.17) is 10.2 Å². The Kier molecular flexibility index (Phi) is 6.85. The number of benzene rings is 1. The van der Waals surface area contributed by atoms with Crippen molar-refractivity contribution in [3.8, 4) is 0 Å². The zero-order chi connectivity index (χ0) is 12.9. The molecule has 102 valence electrons. The van der Waals surface area contributed by atoms with E-state index in [1.54, 1.807) is 0 Å². The molecule has 0 unspecified atom stereocenters. The summed E-state index contributed by atoms with van der Waals surface area (Å²) in [5.41, 5.74) is -0.0879. The number of sulfonamides is 1. The molecule has 3 N–H and O–H groups in total. The largest absolute Gasteiger partial charge is 0.478 e. The summed E-state index contributed by atoms with van der Waals surface area (Å²) in [6.07, 6.45) is 0.303. The highest BCUT2D eigenvalue weighted by atomic mass is 35.5. The van der Waals surface area contributed by atoms with Crippen LogP contribution in [0.4, 0.5) is 0 Å². The minimum atomic E-state index is -3.71. The number of hydrogen-bond donors (Lipinski definition) is 3. The third kappa shape index (κ3) is 4.61. The number of hydrogen-bond acceptors (Lipinski definition) is 4. The lowest BCUT2D eigenvalue weighted by molar-refractivity contribution is 0.0696. The number of nitrogens with one attached hydrogen (secondary N) is 1. The van der Waals surface area contributed by atoms with E-state index in [0.717, 1.165) is 6.07 Å². The molecule has 0 saturated carbocycles. The maximum atomic E-state index is 11.7. The molecule has 0 aliphatic heterocycles. The number of carbonyl (C=O) groups is 1. The lowest BCUT2D eigenvalue weighted by Gasteiger charge is -2.06. The molecule has 1 aromatic rings. The van der Waals surface area contributed by atoms with Gasteiger partial charge in [-0.2, -0.15) is 0 Å². The van der Waals surface area contributed by atoms with Crippen molar-refractivity contribution >= 4 is 28.4 Å². The van der Waals surface area contributed by atoms with Crippen LogP contribution in [-0.4, -0.2) is 37.8 Å². The minimum Gasteiger partial charge on any atom is -0.478 e. The van der Waals surface area contributed by atoms with Crippen LogP contribution in [0.5, 0.6) is 0 Å². The molecule has 6 nitrogen and oxygen atoms in total. The second kappa shape index (κ2) is 7.32. The third-order valence-electron chi connectivity index (χ3n) is 2.02. The molecule has 1 rings (SSSR count). The molecule has 0 saturated heterocycles. The number of aromatic carboxylic acids is 1. The van der Waals surface area contributed by atoms with Crippen molar-refractivity contribution in [2.45, 2.75) is 11.3 Å². The summed E-state index contributed by atoms with van der Waals surface area (Å²) in [7, 11) is -3.71. The normalized spacial score (nSPS) is 10.7. The maximum absolute atomic E-state index is 11.7. The van der Waals surface area contributed by atoms with Gasteiger partial charge in [0.05, 0.1) is 10.5 Å². The van der Waals surface area contributed by atoms with Gasteiger partial charge < -0.3 is 10.2 Å². The second-order valence-corrected chi connectivity index (χ2v) is 5.07. The molecule has 0 bridgehead atoms. The van der Waals surface area contributed by atoms with Gasteiger partial charge in [-0.05, 0) is 24.6 Å². The number of aliphatic hydroxyl groups excluding tert-OH is 1. The van der Waals surface area contributed by atoms with Crippen LogP contribution in [0.2, 0.25) is 0 Å². The third-order valence-corrected chi connectivity index (χ3v) is 3.48. The molecule has 0 aliphatic carbocycles. The van der Waals surface area contributed by atoms with Crippen molar-refractivity contribution in [3.63, 3.8) is 0 Å². The van der Waals surface area contributed by atoms with Crippen molar-refractivity contribution in [2.75, 3.05) is 13.2 Å². The molecular weight excluding hydrogens is 282 g/mol. The smallest absolute Gasteiger partial charge is 0.335 e. The number of aliphatic hydroxyl groups is 1. The van der Waals surface area contributed by atoms with Gasteiger partial charge in [-0.3, -0.25) is 0 Å². The van der Waals surface area contributed by atoms with Gasteiger partial charge in [-0.25, -0.2) is 17.9 Å². The summed E-state index contributed by atoms with van der Waals surface area (Å²) in [5, 5.41) is 17.3. The Morgan fingerprint density at radius 1 is 1.33 bits per heavy atom. The predicted molar refractivity (Wildman–Crippen MR) is 67.5 cm³/mol. The minimum absolute atomic E-state index is 0. The molecule has 0 aliphatic rings. The van der Waals surface area contributed by atoms with Crippen LogP contribution in [0.25, 0.3) is 0 Å². The molecule has 1 aromatic carbocycles. The molecule has 18 heavy (non-hydrogen) atoms. The highest BCUT2D eigenvalue weighted by molar-refractivity contribution is 7.89. The number of carboxylic acid groups (broad SMARTS) is 1. The van der Waals surface area contributed by atoms with Crippen molar-refractivity contribution in [2.24, 2.45) is 0 Å². The summed E-state index contributed by atoms with van der Waals surface area (Å²) >= 11 is 0. The topological polar surface area (TPSA) is 104 Å². The van der Waals surface area contributed by atoms with Gasteiger partial charge in [0.1, 0.15) is 0 Å². The molecule has 8 heteroatoms. The molecular formula is C10H14ClNO5S. The number of carboxylic acids is 1. The summed E-state index contributed by atoms with van der Waals surface area (Å²) in [5.74, 6) is -1.18. The highest BCUT2D eigenvalue weighted by Crippen LogP contribution is 2.11. The van der Waals surface area contributed by atoms with E-state index in [1.807, 2.05) is 0 Å². The Morgan fingerprint density at radius 2 is 2.00 bits per heavy atom. The van der Waals surface area contributed by atoms with E-state index in [1.165, 1.54) is 18.2 Å². The molecule has 0 heterocycles. The second-order valence-electron chi connectivity index (χ2n) is 3.31. The molecule has 0 radical (unpaired) electrons. The standard InChI is InChI=1S/C10H13NO5S.ClH/c12-6-2-5-11-17(15,16)9-4-1-3-8(7-9)10(13)14;/h1,3-4,7,11-12H,2,5-6H2,(H,13,14);1H. The van der Waals surface area contributed by atoms with Crippen molar-refractivity contribution in [3.05, 3.63) is 29.8 Å². The molecule has 0 aromatic heterocycles. The highest BCUT2D eigenvalue weighted by Gasteiger charge is 2.15. The maximum Gasteiger partial charge on any atom is 0.335 e. The lowest BCUT2D eigenvalue weighted by atomic mass is 10.2. The first kappa shape index (κ1) is 16.9. The van der Waals surface area contributed by atoms with Crippen LogP contribution in [-0.2, 0) is 10.0 Å². The molecule has 0 spiro atoms. The Hall–Kier alpha value is -1.15. The Morgan fingerprint density at radius 3 is 2.56 bits per heavy atom. The average Bonchev–Trinajstić information content (AvgIpc) is 2.29. The molecule has 0 amide bonds. The van der Waals surface area contributed by atoms with Gasteiger partial charge >= 0.3 is 5.97 Å². The van der Waals surface area contributed by atoms with Crippen molar-refractivity contribution in [1.82, 2.24) is 4.72 Å². The first-order chi connectivity index (χ1) is 7.97. The fraction of sp³-hybridized carbons (Fsp3) is 0.300. The van der Waals surface area contributed by atoms with Crippen LogP contribution < -0.4 is 4.72 Å². The van der Waals surface area contributed by atoms with Gasteiger partial charge in [0.2, 0.25) is 10.0 Å². The average molecular weight is 296 g/mol. The fourth-order valence-corrected chi connectivity index (χ4v) is 2.28. The number of halogens is 1. The summed E-state index contributed by atoms with van der Waals surface area (Å²) in [4.78, 5) is 10.6. The van der Waals surface area contributed by atoms with E-state index >= 15 is 0 Å². The Balaban J connectivity index is 0.00000289. The van der Waals surface area contributed by atoms with Gasteiger partial charge in [0, 0.05) is 13.2 Å². The van der Waals surface area contributed by atoms with Crippen molar-refractivity contribution in [1.29, 1.82) is 0 Å². The molecule has 0 fully saturated rings.